The largest absolute Gasteiger partial charge is 0.453 e. The van der Waals surface area contributed by atoms with E-state index in [0.717, 1.165) is 10.1 Å². The van der Waals surface area contributed by atoms with Crippen LogP contribution in [0.5, 0.6) is 0 Å². The van der Waals surface area contributed by atoms with Crippen molar-refractivity contribution in [3.63, 3.8) is 0 Å². The molecular weight excluding hydrogens is 417 g/mol. The maximum Gasteiger partial charge on any atom is 0.453 e. The molecule has 1 amide bonds. The zero-order valence-electron chi connectivity index (χ0n) is 17.1. The Morgan fingerprint density at radius 3 is 2.63 bits per heavy atom. The number of likely N-dealkylation sites (N-methyl/N-ethyl adjacent to an activating group) is 1. The van der Waals surface area contributed by atoms with E-state index in [2.05, 4.69) is 25.8 Å². The smallest absolute Gasteiger partial charge is 0.354 e. The lowest BCUT2D eigenvalue weighted by molar-refractivity contribution is -0.144. The molecule has 0 unspecified atom stereocenters. The Morgan fingerprint density at radius 1 is 1.30 bits per heavy atom. The Morgan fingerprint density at radius 2 is 2.03 bits per heavy atom. The van der Waals surface area contributed by atoms with Crippen LogP contribution in [0.25, 0.3) is 5.78 Å². The van der Waals surface area contributed by atoms with Gasteiger partial charge in [0.2, 0.25) is 5.91 Å². The van der Waals surface area contributed by atoms with E-state index >= 15 is 0 Å². The predicted octanol–water partition coefficient (Wildman–Crippen LogP) is 3.17. The van der Waals surface area contributed by atoms with Gasteiger partial charge in [0.1, 0.15) is 0 Å². The normalized spacial score (nSPS) is 13.2. The minimum Gasteiger partial charge on any atom is -0.354 e. The quantitative estimate of drug-likeness (QED) is 0.611. The maximum atomic E-state index is 12.9. The summed E-state index contributed by atoms with van der Waals surface area (Å²) < 4.78 is 39.8. The van der Waals surface area contributed by atoms with E-state index in [1.165, 1.54) is 0 Å². The molecule has 3 rings (SSSR count). The van der Waals surface area contributed by atoms with E-state index in [0.29, 0.717) is 29.9 Å². The van der Waals surface area contributed by atoms with Crippen LogP contribution >= 0.6 is 11.3 Å². The van der Waals surface area contributed by atoms with E-state index in [-0.39, 0.29) is 24.1 Å². The summed E-state index contributed by atoms with van der Waals surface area (Å²) in [7, 11) is 3.91. The number of hydrogen-bond donors (Lipinski definition) is 1. The highest BCUT2D eigenvalue weighted by molar-refractivity contribution is 7.07. The molecule has 3 heterocycles. The Kier molecular flexibility index (Phi) is 6.41. The zero-order valence-corrected chi connectivity index (χ0v) is 17.9. The first kappa shape index (κ1) is 22.2. The summed E-state index contributed by atoms with van der Waals surface area (Å²) in [5.41, 5.74) is 2.87. The number of amides is 1. The van der Waals surface area contributed by atoms with Crippen LogP contribution in [0.2, 0.25) is 0 Å². The molecule has 0 aromatic carbocycles. The number of nitrogens with one attached hydrogen (secondary N) is 1. The van der Waals surface area contributed by atoms with Gasteiger partial charge >= 0.3 is 6.18 Å². The number of alkyl halides is 3. The van der Waals surface area contributed by atoms with Crippen molar-refractivity contribution in [1.82, 2.24) is 29.8 Å². The Hall–Kier alpha value is -2.53. The van der Waals surface area contributed by atoms with Crippen molar-refractivity contribution >= 4 is 23.0 Å². The van der Waals surface area contributed by atoms with Gasteiger partial charge in [-0.3, -0.25) is 4.79 Å². The van der Waals surface area contributed by atoms with Gasteiger partial charge in [-0.25, -0.2) is 9.50 Å². The van der Waals surface area contributed by atoms with Crippen LogP contribution in [-0.4, -0.2) is 51.0 Å². The highest BCUT2D eigenvalue weighted by atomic mass is 32.1. The number of aryl methyl sites for hydroxylation is 2. The van der Waals surface area contributed by atoms with Gasteiger partial charge in [-0.1, -0.05) is 0 Å². The van der Waals surface area contributed by atoms with Crippen molar-refractivity contribution in [3.8, 4) is 0 Å². The van der Waals surface area contributed by atoms with Crippen LogP contribution in [0.3, 0.4) is 0 Å². The standard InChI is InChI=1S/C19H23F3N6OS/c1-11-14(12(2)28-18(24-11)25-17(26-28)19(20,21)22)5-6-16(29)23-9-15(27(3)4)13-7-8-30-10-13/h7-8,10,15H,5-6,9H2,1-4H3,(H,23,29)/t15-/m0/s1. The SMILES string of the molecule is Cc1nc2nc(C(F)(F)F)nn2c(C)c1CCC(=O)NC[C@@H](c1ccsc1)N(C)C. The van der Waals surface area contributed by atoms with Crippen LogP contribution in [0.1, 0.15) is 40.8 Å². The Labute approximate surface area is 175 Å². The van der Waals surface area contributed by atoms with Gasteiger partial charge in [-0.15, -0.1) is 5.10 Å². The van der Waals surface area contributed by atoms with Gasteiger partial charge in [-0.2, -0.15) is 29.5 Å². The highest BCUT2D eigenvalue weighted by Crippen LogP contribution is 2.27. The van der Waals surface area contributed by atoms with Crippen molar-refractivity contribution in [3.05, 3.63) is 45.2 Å². The fourth-order valence-electron chi connectivity index (χ4n) is 3.29. The molecule has 0 radical (unpaired) electrons. The lowest BCUT2D eigenvalue weighted by Gasteiger charge is -2.24. The molecule has 0 bridgehead atoms. The third kappa shape index (κ3) is 4.78. The van der Waals surface area contributed by atoms with E-state index in [1.807, 2.05) is 30.4 Å². The second kappa shape index (κ2) is 8.68. The second-order valence-electron chi connectivity index (χ2n) is 7.25. The molecule has 0 saturated heterocycles. The van der Waals surface area contributed by atoms with Gasteiger partial charge < -0.3 is 10.2 Å². The summed E-state index contributed by atoms with van der Waals surface area (Å²) in [6.45, 7) is 3.82. The predicted molar refractivity (Wildman–Crippen MR) is 107 cm³/mol. The highest BCUT2D eigenvalue weighted by Gasteiger charge is 2.37. The van der Waals surface area contributed by atoms with Gasteiger partial charge in [0.15, 0.2) is 0 Å². The molecular formula is C19H23F3N6OS. The molecule has 162 valence electrons. The number of carbonyl (C=O) groups is 1. The summed E-state index contributed by atoms with van der Waals surface area (Å²) >= 11 is 1.60. The fraction of sp³-hybridized carbons (Fsp3) is 0.474. The number of thiophene rings is 1. The van der Waals surface area contributed by atoms with Crippen LogP contribution < -0.4 is 5.32 Å². The molecule has 0 aliphatic carbocycles. The van der Waals surface area contributed by atoms with Crippen LogP contribution in [0.4, 0.5) is 13.2 Å². The molecule has 0 aliphatic heterocycles. The first-order valence-electron chi connectivity index (χ1n) is 9.33. The topological polar surface area (TPSA) is 75.4 Å². The minimum atomic E-state index is -4.64. The summed E-state index contributed by atoms with van der Waals surface area (Å²) in [5, 5.41) is 10.5. The molecule has 3 aromatic rings. The lowest BCUT2D eigenvalue weighted by atomic mass is 10.1. The number of nitrogens with zero attached hydrogens (tertiary/aromatic N) is 5. The third-order valence-corrected chi connectivity index (χ3v) is 5.65. The zero-order chi connectivity index (χ0) is 22.1. The molecule has 3 aromatic heterocycles. The average molecular weight is 440 g/mol. The number of halogens is 3. The third-order valence-electron chi connectivity index (χ3n) is 4.95. The van der Waals surface area contributed by atoms with Crippen molar-refractivity contribution in [2.75, 3.05) is 20.6 Å². The number of fused-ring (bicyclic) bond motifs is 1. The first-order valence-corrected chi connectivity index (χ1v) is 10.3. The summed E-state index contributed by atoms with van der Waals surface area (Å²) in [6, 6.07) is 2.10. The number of rotatable bonds is 7. The monoisotopic (exact) mass is 440 g/mol. The average Bonchev–Trinajstić information content (AvgIpc) is 3.31. The summed E-state index contributed by atoms with van der Waals surface area (Å²) in [5.74, 6) is -1.46. The van der Waals surface area contributed by atoms with Crippen molar-refractivity contribution < 1.29 is 18.0 Å². The number of aromatic nitrogens is 4. The van der Waals surface area contributed by atoms with Crippen LogP contribution in [0.15, 0.2) is 16.8 Å². The van der Waals surface area contributed by atoms with E-state index in [9.17, 15) is 18.0 Å². The molecule has 1 atom stereocenters. The van der Waals surface area contributed by atoms with Crippen molar-refractivity contribution in [1.29, 1.82) is 0 Å². The minimum absolute atomic E-state index is 0.0672. The summed E-state index contributed by atoms with van der Waals surface area (Å²) in [6.07, 6.45) is -4.10. The fourth-order valence-corrected chi connectivity index (χ4v) is 4.00. The van der Waals surface area contributed by atoms with Crippen molar-refractivity contribution in [2.24, 2.45) is 0 Å². The molecule has 1 N–H and O–H groups in total. The number of hydrogen-bond acceptors (Lipinski definition) is 6. The lowest BCUT2D eigenvalue weighted by Crippen LogP contribution is -2.34. The molecule has 0 spiro atoms. The van der Waals surface area contributed by atoms with Gasteiger partial charge in [0.05, 0.1) is 6.04 Å². The molecule has 0 fully saturated rings. The second-order valence-corrected chi connectivity index (χ2v) is 8.03. The van der Waals surface area contributed by atoms with E-state index in [1.54, 1.807) is 25.2 Å². The van der Waals surface area contributed by atoms with Gasteiger partial charge in [0, 0.05) is 24.4 Å². The first-order chi connectivity index (χ1) is 14.1. The van der Waals surface area contributed by atoms with E-state index < -0.39 is 12.0 Å². The molecule has 30 heavy (non-hydrogen) atoms. The van der Waals surface area contributed by atoms with Crippen LogP contribution in [-0.2, 0) is 17.4 Å². The Balaban J connectivity index is 1.68. The van der Waals surface area contributed by atoms with Crippen LogP contribution in [0, 0.1) is 13.8 Å². The van der Waals surface area contributed by atoms with Gasteiger partial charge in [-0.05, 0) is 62.3 Å². The van der Waals surface area contributed by atoms with Crippen molar-refractivity contribution in [2.45, 2.75) is 38.9 Å². The molecule has 11 heteroatoms. The van der Waals surface area contributed by atoms with E-state index in [4.69, 9.17) is 0 Å². The summed E-state index contributed by atoms with van der Waals surface area (Å²) in [4.78, 5) is 22.0. The molecule has 0 saturated carbocycles. The Bertz CT molecular complexity index is 1030. The van der Waals surface area contributed by atoms with Gasteiger partial charge in [0.25, 0.3) is 11.6 Å². The molecule has 0 aliphatic rings. The number of carbonyl (C=O) groups excluding carboxylic acids is 1. The maximum absolute atomic E-state index is 12.9. The molecule has 7 nitrogen and oxygen atoms in total.